The van der Waals surface area contributed by atoms with E-state index in [0.717, 1.165) is 0 Å². The van der Waals surface area contributed by atoms with Crippen LogP contribution in [0, 0.1) is 0 Å². The molecule has 136 valence electrons. The minimum absolute atomic E-state index is 0.0462. The predicted octanol–water partition coefficient (Wildman–Crippen LogP) is 1.63. The van der Waals surface area contributed by atoms with Crippen LogP contribution in [0.4, 0.5) is 0 Å². The van der Waals surface area contributed by atoms with Crippen LogP contribution < -0.4 is 10.3 Å². The number of fused-ring (bicyclic) bond motifs is 1. The fraction of sp³-hybridized carbons (Fsp3) is 0.500. The first kappa shape index (κ1) is 18.9. The van der Waals surface area contributed by atoms with Crippen LogP contribution >= 0.6 is 0 Å². The van der Waals surface area contributed by atoms with Crippen molar-refractivity contribution >= 4 is 17.0 Å². The molecule has 0 fully saturated rings. The highest BCUT2D eigenvalue weighted by molar-refractivity contribution is 5.79. The lowest BCUT2D eigenvalue weighted by Crippen LogP contribution is -2.35. The molecular formula is C18H24N2O5. The standard InChI is InChI=1S/C18H24N2O5/c1-18(2,8-5-9-21)16-17(23)20(11-15(22)25-4)14-10-12(24-3)6-7-13(14)19-16/h6-7,10,21H,5,8-9,11H2,1-4H3. The van der Waals surface area contributed by atoms with Gasteiger partial charge < -0.3 is 14.6 Å². The third-order valence-electron chi connectivity index (χ3n) is 4.27. The molecule has 1 N–H and O–H groups in total. The van der Waals surface area contributed by atoms with Crippen LogP contribution in [0.25, 0.3) is 11.0 Å². The van der Waals surface area contributed by atoms with Crippen molar-refractivity contribution in [1.29, 1.82) is 0 Å². The van der Waals surface area contributed by atoms with Crippen LogP contribution in [0.15, 0.2) is 23.0 Å². The molecule has 0 atom stereocenters. The van der Waals surface area contributed by atoms with Crippen LogP contribution in [0.1, 0.15) is 32.4 Å². The summed E-state index contributed by atoms with van der Waals surface area (Å²) in [6.45, 7) is 3.66. The summed E-state index contributed by atoms with van der Waals surface area (Å²) < 4.78 is 11.3. The van der Waals surface area contributed by atoms with Crippen molar-refractivity contribution in [2.75, 3.05) is 20.8 Å². The summed E-state index contributed by atoms with van der Waals surface area (Å²) in [5.74, 6) is 0.0520. The van der Waals surface area contributed by atoms with Gasteiger partial charge >= 0.3 is 5.97 Å². The van der Waals surface area contributed by atoms with Gasteiger partial charge in [0.2, 0.25) is 0 Å². The molecule has 0 aliphatic heterocycles. The van der Waals surface area contributed by atoms with Crippen LogP contribution in [0.3, 0.4) is 0 Å². The second-order valence-corrected chi connectivity index (χ2v) is 6.49. The molecule has 1 aromatic carbocycles. The Morgan fingerprint density at radius 2 is 2.04 bits per heavy atom. The van der Waals surface area contributed by atoms with Gasteiger partial charge in [-0.25, -0.2) is 4.98 Å². The smallest absolute Gasteiger partial charge is 0.325 e. The lowest BCUT2D eigenvalue weighted by Gasteiger charge is -2.24. The van der Waals surface area contributed by atoms with E-state index in [-0.39, 0.29) is 18.7 Å². The Hall–Kier alpha value is -2.41. The third kappa shape index (κ3) is 3.99. The highest BCUT2D eigenvalue weighted by atomic mass is 16.5. The Morgan fingerprint density at radius 3 is 2.64 bits per heavy atom. The van der Waals surface area contributed by atoms with Crippen LogP contribution in [0.2, 0.25) is 0 Å². The molecule has 0 saturated heterocycles. The fourth-order valence-corrected chi connectivity index (χ4v) is 2.78. The predicted molar refractivity (Wildman–Crippen MR) is 93.9 cm³/mol. The maximum atomic E-state index is 13.0. The Bertz CT molecular complexity index is 826. The first-order valence-electron chi connectivity index (χ1n) is 8.11. The van der Waals surface area contributed by atoms with Gasteiger partial charge in [0.05, 0.1) is 25.3 Å². The largest absolute Gasteiger partial charge is 0.497 e. The number of aliphatic hydroxyl groups excluding tert-OH is 1. The number of nitrogens with zero attached hydrogens (tertiary/aromatic N) is 2. The normalized spacial score (nSPS) is 11.6. The van der Waals surface area contributed by atoms with E-state index >= 15 is 0 Å². The molecule has 0 spiro atoms. The van der Waals surface area contributed by atoms with E-state index in [4.69, 9.17) is 14.6 Å². The van der Waals surface area contributed by atoms with E-state index in [1.807, 2.05) is 13.8 Å². The molecule has 0 amide bonds. The van der Waals surface area contributed by atoms with Gasteiger partial charge in [-0.05, 0) is 25.0 Å². The molecule has 7 nitrogen and oxygen atoms in total. The van der Waals surface area contributed by atoms with Gasteiger partial charge in [-0.2, -0.15) is 0 Å². The monoisotopic (exact) mass is 348 g/mol. The summed E-state index contributed by atoms with van der Waals surface area (Å²) >= 11 is 0. The number of esters is 1. The van der Waals surface area contributed by atoms with Gasteiger partial charge in [-0.3, -0.25) is 14.2 Å². The number of aliphatic hydroxyl groups is 1. The highest BCUT2D eigenvalue weighted by Gasteiger charge is 2.27. The molecule has 2 aromatic rings. The average molecular weight is 348 g/mol. The number of aromatic nitrogens is 2. The molecule has 0 aliphatic carbocycles. The summed E-state index contributed by atoms with van der Waals surface area (Å²) in [5, 5.41) is 9.10. The molecule has 1 heterocycles. The van der Waals surface area contributed by atoms with E-state index < -0.39 is 11.4 Å². The minimum atomic E-state index is -0.536. The topological polar surface area (TPSA) is 90.7 Å². The second-order valence-electron chi connectivity index (χ2n) is 6.49. The Balaban J connectivity index is 2.71. The second kappa shape index (κ2) is 7.65. The number of rotatable bonds is 7. The van der Waals surface area contributed by atoms with Crippen molar-refractivity contribution in [3.05, 3.63) is 34.2 Å². The van der Waals surface area contributed by atoms with Gasteiger partial charge in [0.1, 0.15) is 18.0 Å². The SMILES string of the molecule is COC(=O)Cn1c(=O)c(C(C)(C)CCCO)nc2ccc(OC)cc21. The first-order valence-corrected chi connectivity index (χ1v) is 8.11. The van der Waals surface area contributed by atoms with Gasteiger partial charge in [0.15, 0.2) is 0 Å². The van der Waals surface area contributed by atoms with Crippen molar-refractivity contribution in [2.45, 2.75) is 38.6 Å². The molecule has 1 aromatic heterocycles. The zero-order chi connectivity index (χ0) is 18.6. The highest BCUT2D eigenvalue weighted by Crippen LogP contribution is 2.27. The van der Waals surface area contributed by atoms with Crippen molar-refractivity contribution < 1.29 is 19.4 Å². The molecule has 0 saturated carbocycles. The molecule has 0 radical (unpaired) electrons. The van der Waals surface area contributed by atoms with E-state index in [0.29, 0.717) is 35.3 Å². The number of methoxy groups -OCH3 is 2. The van der Waals surface area contributed by atoms with Crippen molar-refractivity contribution in [3.63, 3.8) is 0 Å². The lowest BCUT2D eigenvalue weighted by molar-refractivity contribution is -0.141. The Kier molecular flexibility index (Phi) is 5.79. The zero-order valence-corrected chi connectivity index (χ0v) is 15.0. The summed E-state index contributed by atoms with van der Waals surface area (Å²) in [6, 6.07) is 5.19. The van der Waals surface area contributed by atoms with E-state index in [2.05, 4.69) is 4.98 Å². The molecule has 2 rings (SSSR count). The number of carbonyl (C=O) groups is 1. The Labute approximate surface area is 146 Å². The fourth-order valence-electron chi connectivity index (χ4n) is 2.78. The molecular weight excluding hydrogens is 324 g/mol. The molecule has 7 heteroatoms. The van der Waals surface area contributed by atoms with E-state index in [1.54, 1.807) is 18.2 Å². The summed E-state index contributed by atoms with van der Waals surface area (Å²) in [7, 11) is 2.81. The Morgan fingerprint density at radius 1 is 1.32 bits per heavy atom. The van der Waals surface area contributed by atoms with Crippen LogP contribution in [-0.2, 0) is 21.5 Å². The van der Waals surface area contributed by atoms with Gasteiger partial charge in [-0.1, -0.05) is 13.8 Å². The van der Waals surface area contributed by atoms with Crippen LogP contribution in [0.5, 0.6) is 5.75 Å². The number of ether oxygens (including phenoxy) is 2. The lowest BCUT2D eigenvalue weighted by atomic mass is 9.84. The quantitative estimate of drug-likeness (QED) is 0.765. The third-order valence-corrected chi connectivity index (χ3v) is 4.27. The summed E-state index contributed by atoms with van der Waals surface area (Å²) in [6.07, 6.45) is 1.16. The first-order chi connectivity index (χ1) is 11.8. The van der Waals surface area contributed by atoms with Gasteiger partial charge in [-0.15, -0.1) is 0 Å². The maximum Gasteiger partial charge on any atom is 0.325 e. The van der Waals surface area contributed by atoms with Gasteiger partial charge in [0.25, 0.3) is 5.56 Å². The summed E-state index contributed by atoms with van der Waals surface area (Å²) in [4.78, 5) is 29.4. The van der Waals surface area contributed by atoms with E-state index in [9.17, 15) is 9.59 Å². The molecule has 0 aliphatic rings. The van der Waals surface area contributed by atoms with Crippen LogP contribution in [-0.4, -0.2) is 41.5 Å². The van der Waals surface area contributed by atoms with E-state index in [1.165, 1.54) is 18.8 Å². The number of hydrogen-bond acceptors (Lipinski definition) is 6. The van der Waals surface area contributed by atoms with Crippen molar-refractivity contribution in [2.24, 2.45) is 0 Å². The zero-order valence-electron chi connectivity index (χ0n) is 15.0. The van der Waals surface area contributed by atoms with Crippen molar-refractivity contribution in [3.8, 4) is 5.75 Å². The molecule has 0 unspecified atom stereocenters. The molecule has 25 heavy (non-hydrogen) atoms. The summed E-state index contributed by atoms with van der Waals surface area (Å²) in [5.41, 5.74) is 0.593. The average Bonchev–Trinajstić information content (AvgIpc) is 2.61. The van der Waals surface area contributed by atoms with Crippen molar-refractivity contribution in [1.82, 2.24) is 9.55 Å². The number of hydrogen-bond donors (Lipinski definition) is 1. The number of benzene rings is 1. The van der Waals surface area contributed by atoms with Gasteiger partial charge in [0, 0.05) is 18.1 Å². The molecule has 0 bridgehead atoms. The number of carbonyl (C=O) groups excluding carboxylic acids is 1. The maximum absolute atomic E-state index is 13.0. The minimum Gasteiger partial charge on any atom is -0.497 e.